The monoisotopic (exact) mass is 463 g/mol. The van der Waals surface area contributed by atoms with Gasteiger partial charge in [0.05, 0.1) is 0 Å². The Morgan fingerprint density at radius 3 is 1.00 bits per heavy atom. The molecule has 2 aliphatic rings. The average Bonchev–Trinajstić information content (AvgIpc) is 2.54. The van der Waals surface area contributed by atoms with Crippen molar-refractivity contribution in [1.82, 2.24) is 0 Å². The molecule has 2 aliphatic carbocycles. The van der Waals surface area contributed by atoms with Crippen molar-refractivity contribution in [3.05, 3.63) is 32.2 Å². The fraction of sp³-hybridized carbons (Fsp3) is 0.828. The second kappa shape index (κ2) is 29.1. The molecule has 0 unspecified atom stereocenters. The molecule has 0 aromatic carbocycles. The van der Waals surface area contributed by atoms with Crippen LogP contribution in [0.2, 0.25) is 0 Å². The number of hydrogen-bond acceptors (Lipinski definition) is 1. The summed E-state index contributed by atoms with van der Waals surface area (Å²) >= 11 is 0. The Morgan fingerprint density at radius 2 is 0.839 bits per heavy atom. The third-order valence-corrected chi connectivity index (χ3v) is 5.33. The summed E-state index contributed by atoms with van der Waals surface area (Å²) in [4.78, 5) is 0. The zero-order chi connectivity index (χ0) is 21.7. The summed E-state index contributed by atoms with van der Waals surface area (Å²) < 4.78 is 0. The number of hydrogen-bond donors (Lipinski definition) is 0. The molecule has 0 aromatic rings. The summed E-state index contributed by atoms with van der Waals surface area (Å²) in [5.41, 5.74) is 0.847. The summed E-state index contributed by atoms with van der Waals surface area (Å²) in [5, 5.41) is 0. The van der Waals surface area contributed by atoms with Crippen LogP contribution in [0.25, 0.3) is 0 Å². The summed E-state index contributed by atoms with van der Waals surface area (Å²) in [6, 6.07) is 0. The van der Waals surface area contributed by atoms with E-state index in [1.54, 1.807) is 0 Å². The van der Waals surface area contributed by atoms with Crippen molar-refractivity contribution in [3.63, 3.8) is 0 Å². The van der Waals surface area contributed by atoms with Gasteiger partial charge in [-0.2, -0.15) is 0 Å². The van der Waals surface area contributed by atoms with E-state index < -0.39 is 0 Å². The van der Waals surface area contributed by atoms with Gasteiger partial charge in [0.2, 0.25) is 0 Å². The van der Waals surface area contributed by atoms with Crippen LogP contribution in [0.3, 0.4) is 0 Å². The van der Waals surface area contributed by atoms with Gasteiger partial charge in [-0.1, -0.05) is 137 Å². The van der Waals surface area contributed by atoms with E-state index in [4.69, 9.17) is 0 Å². The molecule has 0 spiro atoms. The topological polar surface area (TPSA) is 30.0 Å². The molecule has 0 radical (unpaired) electrons. The third kappa shape index (κ3) is 49.3. The summed E-state index contributed by atoms with van der Waals surface area (Å²) in [6.07, 6.45) is 28.2. The minimum Gasteiger partial charge on any atom is -0.870 e. The standard InChI is InChI=1S/C8H16.C8H14.C6H14.C6H12.CH3.K.H2O/c2*1-2-4-6-8-7-5-3-1;2*1-5-6(2,3)4;;;/h1-8H2;1-2H,3-8H2;5H2,1-4H3;5H,1H2,2-4H3;1H3;;1H2/q;;;;-1;+1;/p-1. The van der Waals surface area contributed by atoms with Crippen LogP contribution >= 0.6 is 0 Å². The quantitative estimate of drug-likeness (QED) is 0.203. The maximum atomic E-state index is 3.63. The van der Waals surface area contributed by atoms with Gasteiger partial charge < -0.3 is 12.9 Å². The van der Waals surface area contributed by atoms with Crippen LogP contribution in [0.1, 0.15) is 145 Å². The van der Waals surface area contributed by atoms with Crippen molar-refractivity contribution >= 4 is 0 Å². The molecule has 1 fully saturated rings. The zero-order valence-corrected chi connectivity index (χ0v) is 26.6. The maximum Gasteiger partial charge on any atom is 1.00 e. The number of rotatable bonds is 0. The molecule has 1 nitrogen and oxygen atoms in total. The van der Waals surface area contributed by atoms with Crippen LogP contribution in [0.5, 0.6) is 0 Å². The molecule has 0 aliphatic heterocycles. The van der Waals surface area contributed by atoms with Gasteiger partial charge in [0.25, 0.3) is 0 Å². The van der Waals surface area contributed by atoms with Crippen LogP contribution in [-0.2, 0) is 0 Å². The van der Waals surface area contributed by atoms with Crippen molar-refractivity contribution in [1.29, 1.82) is 0 Å². The van der Waals surface area contributed by atoms with Gasteiger partial charge in [0.1, 0.15) is 0 Å². The predicted octanol–water partition coefficient (Wildman–Crippen LogP) is 7.96. The number of allylic oxidation sites excluding steroid dienone is 3. The molecule has 184 valence electrons. The van der Waals surface area contributed by atoms with Crippen LogP contribution in [-0.4, -0.2) is 5.48 Å². The Balaban J connectivity index is -0.0000000950. The molecule has 0 aromatic heterocycles. The minimum absolute atomic E-state index is 0. The fourth-order valence-corrected chi connectivity index (χ4v) is 2.53. The summed E-state index contributed by atoms with van der Waals surface area (Å²) in [6.45, 7) is 18.9. The van der Waals surface area contributed by atoms with Crippen molar-refractivity contribution in [2.24, 2.45) is 10.8 Å². The van der Waals surface area contributed by atoms with Gasteiger partial charge in [-0.05, 0) is 36.5 Å². The first-order valence-electron chi connectivity index (χ1n) is 12.4. The van der Waals surface area contributed by atoms with Gasteiger partial charge in [0, 0.05) is 0 Å². The average molecular weight is 464 g/mol. The van der Waals surface area contributed by atoms with Crippen molar-refractivity contribution < 1.29 is 56.9 Å². The normalized spacial score (nSPS) is 16.4. The Bertz CT molecular complexity index is 313. The SMILES string of the molecule is C1=CCCCCCC1.C1CCCCCCC1.C=CC(C)(C)C.CCC(C)(C)C.[CH3-].[K+].[OH-]. The third-order valence-electron chi connectivity index (χ3n) is 5.33. The predicted molar refractivity (Wildman–Crippen MR) is 142 cm³/mol. The second-order valence-electron chi connectivity index (χ2n) is 10.8. The van der Waals surface area contributed by atoms with Gasteiger partial charge in [-0.3, -0.25) is 0 Å². The van der Waals surface area contributed by atoms with Crippen molar-refractivity contribution in [2.45, 2.75) is 145 Å². The first kappa shape index (κ1) is 42.3. The molecular formula is C29H60KO-. The summed E-state index contributed by atoms with van der Waals surface area (Å²) in [7, 11) is 0. The van der Waals surface area contributed by atoms with E-state index in [2.05, 4.69) is 67.2 Å². The van der Waals surface area contributed by atoms with E-state index in [1.165, 1.54) is 96.3 Å². The largest absolute Gasteiger partial charge is 1.00 e. The maximum absolute atomic E-state index is 3.63. The van der Waals surface area contributed by atoms with Gasteiger partial charge in [-0.15, -0.1) is 6.58 Å². The molecule has 1 N–H and O–H groups in total. The first-order chi connectivity index (χ1) is 13.1. The smallest absolute Gasteiger partial charge is 0.870 e. The van der Waals surface area contributed by atoms with Crippen LogP contribution in [0.15, 0.2) is 24.8 Å². The zero-order valence-electron chi connectivity index (χ0n) is 23.5. The van der Waals surface area contributed by atoms with Gasteiger partial charge in [0.15, 0.2) is 0 Å². The minimum atomic E-state index is 0. The van der Waals surface area contributed by atoms with E-state index in [0.29, 0.717) is 10.8 Å². The van der Waals surface area contributed by atoms with Crippen molar-refractivity contribution in [2.75, 3.05) is 0 Å². The first-order valence-corrected chi connectivity index (χ1v) is 12.4. The summed E-state index contributed by atoms with van der Waals surface area (Å²) in [5.74, 6) is 0. The molecule has 0 atom stereocenters. The van der Waals surface area contributed by atoms with Crippen LogP contribution in [0.4, 0.5) is 0 Å². The van der Waals surface area contributed by atoms with Crippen molar-refractivity contribution in [3.8, 4) is 0 Å². The van der Waals surface area contributed by atoms with E-state index in [9.17, 15) is 0 Å². The molecule has 0 bridgehead atoms. The Hall–Kier alpha value is 1.08. The van der Waals surface area contributed by atoms with Gasteiger partial charge in [-0.25, -0.2) is 0 Å². The molecule has 31 heavy (non-hydrogen) atoms. The van der Waals surface area contributed by atoms with E-state index >= 15 is 0 Å². The Labute approximate surface area is 242 Å². The molecule has 1 saturated carbocycles. The molecule has 2 heteroatoms. The van der Waals surface area contributed by atoms with E-state index in [1.807, 2.05) is 6.08 Å². The molecule has 2 rings (SSSR count). The van der Waals surface area contributed by atoms with E-state index in [0.717, 1.165) is 0 Å². The van der Waals surface area contributed by atoms with Gasteiger partial charge >= 0.3 is 51.4 Å². The fourth-order valence-electron chi connectivity index (χ4n) is 2.53. The Morgan fingerprint density at radius 1 is 0.645 bits per heavy atom. The van der Waals surface area contributed by atoms with Crippen LogP contribution < -0.4 is 51.4 Å². The molecule has 0 heterocycles. The molecule has 0 amide bonds. The van der Waals surface area contributed by atoms with E-state index in [-0.39, 0.29) is 64.3 Å². The second-order valence-corrected chi connectivity index (χ2v) is 10.8. The molecule has 0 saturated heterocycles. The molecular weight excluding hydrogens is 403 g/mol. The van der Waals surface area contributed by atoms with Crippen LogP contribution in [0, 0.1) is 18.3 Å². The Kier molecular flexibility index (Phi) is 39.7.